The van der Waals surface area contributed by atoms with E-state index in [1.54, 1.807) is 0 Å². The Labute approximate surface area is 113 Å². The Hall–Kier alpha value is -1.81. The average Bonchev–Trinajstić information content (AvgIpc) is 2.92. The maximum atomic E-state index is 10.4. The smallest absolute Gasteiger partial charge is 0.168 e. The van der Waals surface area contributed by atoms with E-state index < -0.39 is 30.6 Å². The lowest BCUT2D eigenvalue weighted by molar-refractivity contribution is -0.0950. The Balaban J connectivity index is 2.10. The van der Waals surface area contributed by atoms with Gasteiger partial charge in [0.15, 0.2) is 17.7 Å². The molecular weight excluding hydrogens is 266 g/mol. The molecule has 5 N–H and O–H groups in total. The summed E-state index contributed by atoms with van der Waals surface area (Å²) in [7, 11) is 0. The summed E-state index contributed by atoms with van der Waals surface area (Å²) in [6, 6.07) is 0. The van der Waals surface area contributed by atoms with Crippen LogP contribution in [0.1, 0.15) is 13.2 Å². The second kappa shape index (κ2) is 4.35. The molecule has 1 fully saturated rings. The first-order valence-corrected chi connectivity index (χ1v) is 6.06. The zero-order valence-electron chi connectivity index (χ0n) is 10.7. The van der Waals surface area contributed by atoms with Crippen molar-refractivity contribution in [3.63, 3.8) is 0 Å². The average molecular weight is 281 g/mol. The van der Waals surface area contributed by atoms with E-state index in [0.29, 0.717) is 11.2 Å². The van der Waals surface area contributed by atoms with Crippen molar-refractivity contribution in [3.05, 3.63) is 12.7 Å². The second-order valence-corrected chi connectivity index (χ2v) is 4.96. The van der Waals surface area contributed by atoms with Crippen LogP contribution in [-0.4, -0.2) is 59.3 Å². The summed E-state index contributed by atoms with van der Waals surface area (Å²) in [5.41, 5.74) is 4.87. The normalized spacial score (nSPS) is 33.9. The van der Waals surface area contributed by atoms with Crippen LogP contribution in [0.25, 0.3) is 11.2 Å². The van der Waals surface area contributed by atoms with Gasteiger partial charge in [0.1, 0.15) is 29.7 Å². The fourth-order valence-corrected chi connectivity index (χ4v) is 2.43. The minimum atomic E-state index is -1.60. The third kappa shape index (κ3) is 1.68. The number of aromatic nitrogens is 4. The lowest BCUT2D eigenvalue weighted by Gasteiger charge is -2.27. The fraction of sp³-hybridized carbons (Fsp3) is 0.545. The second-order valence-electron chi connectivity index (χ2n) is 4.96. The van der Waals surface area contributed by atoms with E-state index >= 15 is 0 Å². The summed E-state index contributed by atoms with van der Waals surface area (Å²) < 4.78 is 6.97. The highest BCUT2D eigenvalue weighted by molar-refractivity contribution is 5.81. The molecule has 9 heteroatoms. The molecular formula is C11H15N5O4. The Morgan fingerprint density at radius 1 is 1.45 bits per heavy atom. The first-order chi connectivity index (χ1) is 9.46. The number of imidazole rings is 1. The van der Waals surface area contributed by atoms with E-state index in [2.05, 4.69) is 15.0 Å². The highest BCUT2D eigenvalue weighted by atomic mass is 16.6. The zero-order chi connectivity index (χ0) is 14.5. The van der Waals surface area contributed by atoms with Crippen LogP contribution >= 0.6 is 0 Å². The van der Waals surface area contributed by atoms with Crippen molar-refractivity contribution in [2.24, 2.45) is 0 Å². The quantitative estimate of drug-likeness (QED) is 0.516. The van der Waals surface area contributed by atoms with E-state index in [-0.39, 0.29) is 5.82 Å². The number of rotatable bonds is 2. The summed E-state index contributed by atoms with van der Waals surface area (Å²) in [5, 5.41) is 29.6. The van der Waals surface area contributed by atoms with Crippen molar-refractivity contribution >= 4 is 17.0 Å². The van der Waals surface area contributed by atoms with E-state index in [9.17, 15) is 15.3 Å². The fourth-order valence-electron chi connectivity index (χ4n) is 2.43. The standard InChI is InChI=1S/C11H15N5O4/c1-11(19)7(18)5(2-17)20-10(11)16-4-15-6-8(12)13-3-14-9(6)16/h3-5,7,10,17-19H,2H2,1H3,(H2,12,13,14)/t5?,7-,10-,11-/m1/s1. The minimum absolute atomic E-state index is 0.214. The van der Waals surface area contributed by atoms with Gasteiger partial charge in [-0.15, -0.1) is 0 Å². The summed E-state index contributed by atoms with van der Waals surface area (Å²) in [6.07, 6.45) is -0.365. The Bertz CT molecular complexity index is 643. The number of hydrogen-bond acceptors (Lipinski definition) is 8. The largest absolute Gasteiger partial charge is 0.394 e. The van der Waals surface area contributed by atoms with E-state index in [4.69, 9.17) is 10.5 Å². The van der Waals surface area contributed by atoms with Crippen LogP contribution in [0.15, 0.2) is 12.7 Å². The molecule has 108 valence electrons. The van der Waals surface area contributed by atoms with Crippen molar-refractivity contribution in [1.29, 1.82) is 0 Å². The van der Waals surface area contributed by atoms with E-state index in [1.165, 1.54) is 24.1 Å². The lowest BCUT2D eigenvalue weighted by Crippen LogP contribution is -2.44. The number of aliphatic hydroxyl groups is 3. The van der Waals surface area contributed by atoms with Gasteiger partial charge >= 0.3 is 0 Å². The number of nitrogens with zero attached hydrogens (tertiary/aromatic N) is 4. The number of nitrogen functional groups attached to an aromatic ring is 1. The van der Waals surface area contributed by atoms with Crippen molar-refractivity contribution in [2.45, 2.75) is 31.0 Å². The van der Waals surface area contributed by atoms with Gasteiger partial charge in [-0.1, -0.05) is 0 Å². The third-order valence-electron chi connectivity index (χ3n) is 3.57. The molecule has 0 radical (unpaired) electrons. The monoisotopic (exact) mass is 281 g/mol. The van der Waals surface area contributed by atoms with Crippen LogP contribution in [0.4, 0.5) is 5.82 Å². The van der Waals surface area contributed by atoms with Gasteiger partial charge in [-0.05, 0) is 6.92 Å². The molecule has 0 amide bonds. The Morgan fingerprint density at radius 3 is 2.85 bits per heavy atom. The molecule has 3 rings (SSSR count). The molecule has 3 heterocycles. The highest BCUT2D eigenvalue weighted by Gasteiger charge is 2.53. The Kier molecular flexibility index (Phi) is 2.87. The van der Waals surface area contributed by atoms with E-state index in [0.717, 1.165) is 0 Å². The highest BCUT2D eigenvalue weighted by Crippen LogP contribution is 2.39. The summed E-state index contributed by atoms with van der Waals surface area (Å²) in [6.45, 7) is 1.02. The van der Waals surface area contributed by atoms with Crippen molar-refractivity contribution < 1.29 is 20.1 Å². The molecule has 1 aliphatic rings. The van der Waals surface area contributed by atoms with Crippen LogP contribution in [-0.2, 0) is 4.74 Å². The van der Waals surface area contributed by atoms with Crippen molar-refractivity contribution in [2.75, 3.05) is 12.3 Å². The first-order valence-electron chi connectivity index (χ1n) is 6.06. The van der Waals surface area contributed by atoms with Gasteiger partial charge in [-0.3, -0.25) is 4.57 Å². The van der Waals surface area contributed by atoms with Gasteiger partial charge in [-0.25, -0.2) is 15.0 Å². The molecule has 2 aromatic rings. The van der Waals surface area contributed by atoms with Gasteiger partial charge in [0.05, 0.1) is 12.9 Å². The molecule has 0 spiro atoms. The first kappa shape index (κ1) is 13.2. The topological polar surface area (TPSA) is 140 Å². The number of anilines is 1. The van der Waals surface area contributed by atoms with Crippen LogP contribution in [0.2, 0.25) is 0 Å². The summed E-state index contributed by atoms with van der Waals surface area (Å²) in [5.74, 6) is 0.214. The van der Waals surface area contributed by atoms with Gasteiger partial charge in [0, 0.05) is 0 Å². The molecule has 0 aromatic carbocycles. The van der Waals surface area contributed by atoms with Crippen molar-refractivity contribution in [3.8, 4) is 0 Å². The third-order valence-corrected chi connectivity index (χ3v) is 3.57. The van der Waals surface area contributed by atoms with Crippen LogP contribution < -0.4 is 5.73 Å². The molecule has 0 bridgehead atoms. The predicted octanol–water partition coefficient (Wildman–Crippen LogP) is -1.59. The maximum absolute atomic E-state index is 10.4. The molecule has 1 aliphatic heterocycles. The number of fused-ring (bicyclic) bond motifs is 1. The molecule has 0 saturated carbocycles. The molecule has 20 heavy (non-hydrogen) atoms. The zero-order valence-corrected chi connectivity index (χ0v) is 10.7. The molecule has 4 atom stereocenters. The van der Waals surface area contributed by atoms with Crippen molar-refractivity contribution in [1.82, 2.24) is 19.5 Å². The molecule has 2 aromatic heterocycles. The van der Waals surface area contributed by atoms with Gasteiger partial charge in [-0.2, -0.15) is 0 Å². The van der Waals surface area contributed by atoms with E-state index in [1.807, 2.05) is 0 Å². The lowest BCUT2D eigenvalue weighted by atomic mass is 9.96. The molecule has 1 saturated heterocycles. The molecule has 1 unspecified atom stereocenters. The minimum Gasteiger partial charge on any atom is -0.394 e. The Morgan fingerprint density at radius 2 is 2.20 bits per heavy atom. The molecule has 0 aliphatic carbocycles. The van der Waals surface area contributed by atoms with Crippen LogP contribution in [0, 0.1) is 0 Å². The number of aliphatic hydroxyl groups excluding tert-OH is 2. The summed E-state index contributed by atoms with van der Waals surface area (Å²) >= 11 is 0. The predicted molar refractivity (Wildman–Crippen MR) is 67.4 cm³/mol. The summed E-state index contributed by atoms with van der Waals surface area (Å²) in [4.78, 5) is 12.0. The van der Waals surface area contributed by atoms with Crippen LogP contribution in [0.3, 0.4) is 0 Å². The van der Waals surface area contributed by atoms with Crippen LogP contribution in [0.5, 0.6) is 0 Å². The number of ether oxygens (including phenoxy) is 1. The van der Waals surface area contributed by atoms with Gasteiger partial charge < -0.3 is 25.8 Å². The molecule has 9 nitrogen and oxygen atoms in total. The van der Waals surface area contributed by atoms with Gasteiger partial charge in [0.2, 0.25) is 0 Å². The maximum Gasteiger partial charge on any atom is 0.168 e. The van der Waals surface area contributed by atoms with Gasteiger partial charge in [0.25, 0.3) is 0 Å². The number of nitrogens with two attached hydrogens (primary N) is 1. The number of hydrogen-bond donors (Lipinski definition) is 4. The SMILES string of the molecule is C[C@@]1(O)[C@H](O)C(CO)O[C@H]1n1cnc2c(N)ncnc21.